The van der Waals surface area contributed by atoms with Gasteiger partial charge < -0.3 is 4.42 Å². The molecular formula is C22H20N2O3S. The smallest absolute Gasteiger partial charge is 0.261 e. The Morgan fingerprint density at radius 3 is 2.32 bits per heavy atom. The van der Waals surface area contributed by atoms with E-state index >= 15 is 0 Å². The first-order valence-electron chi connectivity index (χ1n) is 9.02. The molecule has 0 aliphatic rings. The fourth-order valence-electron chi connectivity index (χ4n) is 2.95. The highest BCUT2D eigenvalue weighted by Crippen LogP contribution is 2.19. The molecule has 0 fully saturated rings. The minimum Gasteiger partial charge on any atom is -0.441 e. The van der Waals surface area contributed by atoms with Crippen molar-refractivity contribution >= 4 is 26.8 Å². The van der Waals surface area contributed by atoms with Gasteiger partial charge in [0.25, 0.3) is 10.0 Å². The number of aryl methyl sites for hydroxylation is 3. The van der Waals surface area contributed by atoms with Crippen LogP contribution in [0.2, 0.25) is 0 Å². The van der Waals surface area contributed by atoms with Crippen molar-refractivity contribution in [2.24, 2.45) is 0 Å². The zero-order chi connectivity index (χ0) is 19.6. The lowest BCUT2D eigenvalue weighted by atomic mass is 10.1. The van der Waals surface area contributed by atoms with E-state index in [1.165, 1.54) is 0 Å². The summed E-state index contributed by atoms with van der Waals surface area (Å²) in [5.41, 5.74) is 4.28. The number of sulfonamides is 1. The molecule has 0 aliphatic carbocycles. The van der Waals surface area contributed by atoms with E-state index in [1.807, 2.05) is 43.3 Å². The predicted molar refractivity (Wildman–Crippen MR) is 110 cm³/mol. The number of aromatic nitrogens is 1. The van der Waals surface area contributed by atoms with Crippen LogP contribution in [-0.2, 0) is 22.9 Å². The van der Waals surface area contributed by atoms with Gasteiger partial charge in [-0.3, -0.25) is 4.72 Å². The third-order valence-electron chi connectivity index (χ3n) is 4.50. The first-order chi connectivity index (χ1) is 13.5. The Morgan fingerprint density at radius 2 is 1.61 bits per heavy atom. The lowest BCUT2D eigenvalue weighted by Gasteiger charge is -2.09. The molecular weight excluding hydrogens is 372 g/mol. The van der Waals surface area contributed by atoms with Crippen LogP contribution in [0.25, 0.3) is 11.1 Å². The van der Waals surface area contributed by atoms with Gasteiger partial charge in [-0.1, -0.05) is 42.0 Å². The maximum atomic E-state index is 12.5. The zero-order valence-electron chi connectivity index (χ0n) is 15.4. The number of hydrogen-bond donors (Lipinski definition) is 1. The fraction of sp³-hybridized carbons (Fsp3) is 0.136. The molecule has 0 saturated heterocycles. The Kier molecular flexibility index (Phi) is 4.88. The molecule has 3 aromatic carbocycles. The van der Waals surface area contributed by atoms with Gasteiger partial charge in [0, 0.05) is 12.1 Å². The Hall–Kier alpha value is -3.12. The van der Waals surface area contributed by atoms with Crippen molar-refractivity contribution in [1.82, 2.24) is 4.98 Å². The summed E-state index contributed by atoms with van der Waals surface area (Å²) in [6.07, 6.45) is 1.45. The third kappa shape index (κ3) is 4.07. The van der Waals surface area contributed by atoms with E-state index in [0.29, 0.717) is 18.0 Å². The highest BCUT2D eigenvalue weighted by molar-refractivity contribution is 7.92. The Balaban J connectivity index is 1.41. The van der Waals surface area contributed by atoms with Crippen molar-refractivity contribution in [2.75, 3.05) is 4.72 Å². The van der Waals surface area contributed by atoms with Crippen molar-refractivity contribution in [3.8, 4) is 0 Å². The van der Waals surface area contributed by atoms with Crippen LogP contribution >= 0.6 is 0 Å². The molecule has 0 spiro atoms. The Labute approximate surface area is 164 Å². The molecule has 6 heteroatoms. The number of para-hydroxylation sites is 2. The van der Waals surface area contributed by atoms with Crippen LogP contribution < -0.4 is 4.72 Å². The van der Waals surface area contributed by atoms with Crippen molar-refractivity contribution in [3.05, 3.63) is 89.8 Å². The second-order valence-corrected chi connectivity index (χ2v) is 8.37. The Bertz CT molecular complexity index is 1160. The monoisotopic (exact) mass is 392 g/mol. The number of fused-ring (bicyclic) bond motifs is 1. The first-order valence-corrected chi connectivity index (χ1v) is 10.5. The molecule has 0 amide bonds. The van der Waals surface area contributed by atoms with Crippen LogP contribution in [0.4, 0.5) is 5.69 Å². The fourth-order valence-corrected chi connectivity index (χ4v) is 4.01. The summed E-state index contributed by atoms with van der Waals surface area (Å²) in [6.45, 7) is 1.92. The van der Waals surface area contributed by atoms with Crippen molar-refractivity contribution in [1.29, 1.82) is 0 Å². The average molecular weight is 392 g/mol. The van der Waals surface area contributed by atoms with Crippen LogP contribution in [0.5, 0.6) is 0 Å². The topological polar surface area (TPSA) is 72.2 Å². The number of rotatable bonds is 6. The van der Waals surface area contributed by atoms with E-state index in [2.05, 4.69) is 9.71 Å². The van der Waals surface area contributed by atoms with Crippen LogP contribution in [0.3, 0.4) is 0 Å². The summed E-state index contributed by atoms with van der Waals surface area (Å²) in [5.74, 6) is 0.699. The highest BCUT2D eigenvalue weighted by atomic mass is 32.2. The van der Waals surface area contributed by atoms with Crippen LogP contribution in [0.1, 0.15) is 17.0 Å². The van der Waals surface area contributed by atoms with Crippen molar-refractivity contribution < 1.29 is 12.8 Å². The second kappa shape index (κ2) is 7.48. The molecule has 142 valence electrons. The molecule has 0 saturated carbocycles. The van der Waals surface area contributed by atoms with Crippen LogP contribution in [-0.4, -0.2) is 13.4 Å². The number of benzene rings is 3. The molecule has 4 rings (SSSR count). The summed E-state index contributed by atoms with van der Waals surface area (Å²) in [6, 6.07) is 21.8. The predicted octanol–water partition coefficient (Wildman–Crippen LogP) is 4.72. The number of nitrogens with one attached hydrogen (secondary N) is 1. The number of hydrogen-bond acceptors (Lipinski definition) is 4. The molecule has 0 radical (unpaired) electrons. The molecule has 0 atom stereocenters. The van der Waals surface area contributed by atoms with Gasteiger partial charge >= 0.3 is 0 Å². The molecule has 28 heavy (non-hydrogen) atoms. The summed E-state index contributed by atoms with van der Waals surface area (Å²) in [5, 5.41) is 0. The van der Waals surface area contributed by atoms with Crippen LogP contribution in [0, 0.1) is 6.92 Å². The summed E-state index contributed by atoms with van der Waals surface area (Å²) < 4.78 is 33.3. The van der Waals surface area contributed by atoms with Gasteiger partial charge in [-0.05, 0) is 55.3 Å². The molecule has 4 aromatic rings. The number of nitrogens with zero attached hydrogens (tertiary/aromatic N) is 1. The molecule has 0 bridgehead atoms. The van der Waals surface area contributed by atoms with Crippen molar-refractivity contribution in [2.45, 2.75) is 24.7 Å². The molecule has 0 aliphatic heterocycles. The standard InChI is InChI=1S/C22H20N2O3S/c1-16-6-13-19(14-7-16)28(25,26)24-18-11-8-17(9-12-18)10-15-22-23-20-4-2-3-5-21(20)27-22/h2-9,11-14,24H,10,15H2,1H3. The maximum absolute atomic E-state index is 12.5. The molecule has 0 unspecified atom stereocenters. The van der Waals surface area contributed by atoms with E-state index in [-0.39, 0.29) is 4.90 Å². The zero-order valence-corrected chi connectivity index (χ0v) is 16.2. The lowest BCUT2D eigenvalue weighted by Crippen LogP contribution is -2.12. The first kappa shape index (κ1) is 18.3. The van der Waals surface area contributed by atoms with Crippen molar-refractivity contribution in [3.63, 3.8) is 0 Å². The molecule has 5 nitrogen and oxygen atoms in total. The normalized spacial score (nSPS) is 11.6. The lowest BCUT2D eigenvalue weighted by molar-refractivity contribution is 0.528. The van der Waals surface area contributed by atoms with E-state index in [0.717, 1.165) is 28.6 Å². The summed E-state index contributed by atoms with van der Waals surface area (Å²) in [4.78, 5) is 4.72. The minimum atomic E-state index is -3.59. The quantitative estimate of drug-likeness (QED) is 0.515. The van der Waals surface area contributed by atoms with E-state index < -0.39 is 10.0 Å². The molecule has 1 heterocycles. The summed E-state index contributed by atoms with van der Waals surface area (Å²) >= 11 is 0. The van der Waals surface area contributed by atoms with Gasteiger partial charge in [0.05, 0.1) is 4.90 Å². The van der Waals surface area contributed by atoms with Gasteiger partial charge in [0.2, 0.25) is 0 Å². The Morgan fingerprint density at radius 1 is 0.893 bits per heavy atom. The average Bonchev–Trinajstić information content (AvgIpc) is 3.10. The maximum Gasteiger partial charge on any atom is 0.261 e. The SMILES string of the molecule is Cc1ccc(S(=O)(=O)Nc2ccc(CCc3nc4ccccc4o3)cc2)cc1. The van der Waals surface area contributed by atoms with E-state index in [1.54, 1.807) is 36.4 Å². The number of oxazole rings is 1. The second-order valence-electron chi connectivity index (χ2n) is 6.69. The molecule has 1 aromatic heterocycles. The van der Waals surface area contributed by atoms with Gasteiger partial charge in [-0.2, -0.15) is 0 Å². The van der Waals surface area contributed by atoms with Crippen LogP contribution in [0.15, 0.2) is 82.1 Å². The minimum absolute atomic E-state index is 0.248. The van der Waals surface area contributed by atoms with Gasteiger partial charge in [0.1, 0.15) is 5.52 Å². The van der Waals surface area contributed by atoms with E-state index in [9.17, 15) is 8.42 Å². The summed E-state index contributed by atoms with van der Waals surface area (Å²) in [7, 11) is -3.59. The van der Waals surface area contributed by atoms with Gasteiger partial charge in [-0.15, -0.1) is 0 Å². The third-order valence-corrected chi connectivity index (χ3v) is 5.90. The molecule has 1 N–H and O–H groups in total. The van der Waals surface area contributed by atoms with E-state index in [4.69, 9.17) is 4.42 Å². The van der Waals surface area contributed by atoms with Gasteiger partial charge in [0.15, 0.2) is 11.5 Å². The largest absolute Gasteiger partial charge is 0.441 e. The van der Waals surface area contributed by atoms with Gasteiger partial charge in [-0.25, -0.2) is 13.4 Å². The highest BCUT2D eigenvalue weighted by Gasteiger charge is 2.13. The number of anilines is 1.